The first-order chi connectivity index (χ1) is 15.4. The van der Waals surface area contributed by atoms with Gasteiger partial charge in [0.2, 0.25) is 0 Å². The normalized spacial score (nSPS) is 16.5. The van der Waals surface area contributed by atoms with Crippen molar-refractivity contribution in [1.82, 2.24) is 10.3 Å². The second kappa shape index (κ2) is 9.09. The molecule has 0 saturated heterocycles. The summed E-state index contributed by atoms with van der Waals surface area (Å²) >= 11 is 1.60. The lowest BCUT2D eigenvalue weighted by Gasteiger charge is -2.11. The lowest BCUT2D eigenvalue weighted by atomic mass is 10.0. The van der Waals surface area contributed by atoms with E-state index in [0.717, 1.165) is 49.7 Å². The predicted octanol–water partition coefficient (Wildman–Crippen LogP) is 5.86. The van der Waals surface area contributed by atoms with Gasteiger partial charge in [0, 0.05) is 28.7 Å². The molecule has 4 rings (SSSR count). The number of hydrogen-bond acceptors (Lipinski definition) is 4. The fourth-order valence-electron chi connectivity index (χ4n) is 3.99. The number of nitrogens with zero attached hydrogens (tertiary/aromatic N) is 1. The van der Waals surface area contributed by atoms with E-state index in [1.807, 2.05) is 26.0 Å². The first-order valence-corrected chi connectivity index (χ1v) is 11.4. The third-order valence-corrected chi connectivity index (χ3v) is 6.85. The number of fused-ring (bicyclic) bond motifs is 1. The highest BCUT2D eigenvalue weighted by Crippen LogP contribution is 2.41. The zero-order valence-electron chi connectivity index (χ0n) is 18.6. The van der Waals surface area contributed by atoms with Crippen LogP contribution in [-0.4, -0.2) is 17.2 Å². The van der Waals surface area contributed by atoms with E-state index in [-0.39, 0.29) is 5.82 Å². The summed E-state index contributed by atoms with van der Waals surface area (Å²) in [4.78, 5) is 9.59. The van der Waals surface area contributed by atoms with Crippen LogP contribution in [0.1, 0.15) is 27.9 Å². The van der Waals surface area contributed by atoms with Crippen LogP contribution >= 0.6 is 11.8 Å². The quantitative estimate of drug-likeness (QED) is 0.444. The van der Waals surface area contributed by atoms with E-state index in [4.69, 9.17) is 5.73 Å². The number of halogens is 1. The van der Waals surface area contributed by atoms with E-state index in [1.165, 1.54) is 17.8 Å². The Balaban J connectivity index is 1.53. The van der Waals surface area contributed by atoms with E-state index in [2.05, 4.69) is 53.1 Å². The number of allylic oxidation sites excluding steroid dienone is 2. The van der Waals surface area contributed by atoms with Gasteiger partial charge in [-0.3, -0.25) is 4.99 Å². The highest BCUT2D eigenvalue weighted by atomic mass is 32.2. The number of aromatic nitrogens is 1. The molecule has 6 heteroatoms. The third kappa shape index (κ3) is 4.23. The lowest BCUT2D eigenvalue weighted by Crippen LogP contribution is -2.25. The van der Waals surface area contributed by atoms with Crippen molar-refractivity contribution in [3.8, 4) is 0 Å². The Morgan fingerprint density at radius 2 is 1.94 bits per heavy atom. The molecule has 4 N–H and O–H groups in total. The second-order valence-corrected chi connectivity index (χ2v) is 8.99. The minimum absolute atomic E-state index is 0.225. The molecule has 0 spiro atoms. The summed E-state index contributed by atoms with van der Waals surface area (Å²) in [5, 5.41) is 4.30. The molecule has 2 heterocycles. The maximum Gasteiger partial charge on any atom is 0.147 e. The molecule has 3 aromatic rings. The Bertz CT molecular complexity index is 1280. The third-order valence-electron chi connectivity index (χ3n) is 5.64. The number of nitrogens with one attached hydrogen (secondary N) is 2. The molecule has 0 bridgehead atoms. The molecule has 2 aromatic carbocycles. The van der Waals surface area contributed by atoms with Gasteiger partial charge in [-0.15, -0.1) is 0 Å². The van der Waals surface area contributed by atoms with Crippen LogP contribution in [0.4, 0.5) is 4.39 Å². The summed E-state index contributed by atoms with van der Waals surface area (Å²) in [5.74, 6) is 0.353. The number of hydrogen-bond donors (Lipinski definition) is 3. The Kier molecular flexibility index (Phi) is 6.24. The fraction of sp³-hybridized carbons (Fsp3) is 0.192. The molecule has 0 fully saturated rings. The second-order valence-electron chi connectivity index (χ2n) is 7.94. The number of rotatable bonds is 6. The number of nitrogens with two attached hydrogens (primary N) is 1. The number of aliphatic imine (C=N–C) groups is 1. The smallest absolute Gasteiger partial charge is 0.147 e. The molecule has 164 valence electrons. The van der Waals surface area contributed by atoms with Crippen LogP contribution in [0.5, 0.6) is 0 Å². The van der Waals surface area contributed by atoms with E-state index in [9.17, 15) is 4.39 Å². The molecule has 0 unspecified atom stereocenters. The maximum absolute atomic E-state index is 14.2. The van der Waals surface area contributed by atoms with Gasteiger partial charge in [0.25, 0.3) is 0 Å². The van der Waals surface area contributed by atoms with Gasteiger partial charge in [0.15, 0.2) is 0 Å². The molecule has 0 aliphatic carbocycles. The zero-order valence-corrected chi connectivity index (χ0v) is 19.4. The highest BCUT2D eigenvalue weighted by Gasteiger charge is 2.22. The highest BCUT2D eigenvalue weighted by molar-refractivity contribution is 8.13. The van der Waals surface area contributed by atoms with Crippen molar-refractivity contribution in [2.75, 3.05) is 6.54 Å². The molecule has 0 amide bonds. The van der Waals surface area contributed by atoms with Crippen molar-refractivity contribution >= 4 is 33.3 Å². The van der Waals surface area contributed by atoms with E-state index < -0.39 is 0 Å². The first-order valence-electron chi connectivity index (χ1n) is 10.5. The Hall–Kier alpha value is -3.25. The molecular weight excluding hydrogens is 419 g/mol. The van der Waals surface area contributed by atoms with E-state index in [1.54, 1.807) is 11.8 Å². The van der Waals surface area contributed by atoms with Gasteiger partial charge >= 0.3 is 0 Å². The number of H-pyrrole nitrogens is 1. The molecule has 0 radical (unpaired) electrons. The molecule has 1 aliphatic heterocycles. The van der Waals surface area contributed by atoms with Crippen molar-refractivity contribution < 1.29 is 4.39 Å². The first kappa shape index (κ1) is 22.0. The topological polar surface area (TPSA) is 66.2 Å². The van der Waals surface area contributed by atoms with Crippen LogP contribution in [0.3, 0.4) is 0 Å². The van der Waals surface area contributed by atoms with Crippen molar-refractivity contribution in [2.24, 2.45) is 10.7 Å². The van der Waals surface area contributed by atoms with Gasteiger partial charge in [-0.1, -0.05) is 54.2 Å². The molecule has 0 atom stereocenters. The van der Waals surface area contributed by atoms with Crippen molar-refractivity contribution in [1.29, 1.82) is 0 Å². The van der Waals surface area contributed by atoms with E-state index >= 15 is 0 Å². The van der Waals surface area contributed by atoms with E-state index in [0.29, 0.717) is 17.9 Å². The lowest BCUT2D eigenvalue weighted by molar-refractivity contribution is 0.637. The van der Waals surface area contributed by atoms with Crippen LogP contribution < -0.4 is 11.1 Å². The predicted molar refractivity (Wildman–Crippen MR) is 135 cm³/mol. The van der Waals surface area contributed by atoms with Crippen LogP contribution in [0.25, 0.3) is 15.8 Å². The van der Waals surface area contributed by atoms with Gasteiger partial charge in [-0.2, -0.15) is 0 Å². The Morgan fingerprint density at radius 1 is 1.19 bits per heavy atom. The summed E-state index contributed by atoms with van der Waals surface area (Å²) in [5.41, 5.74) is 13.3. The molecular formula is C26H27FN4S. The van der Waals surface area contributed by atoms with Gasteiger partial charge in [0.1, 0.15) is 11.6 Å². The minimum atomic E-state index is -0.225. The van der Waals surface area contributed by atoms with Gasteiger partial charge in [-0.25, -0.2) is 4.39 Å². The summed E-state index contributed by atoms with van der Waals surface area (Å²) in [7, 11) is 0. The number of thioether (sulfide) groups is 1. The fourth-order valence-corrected chi connectivity index (χ4v) is 5.03. The monoisotopic (exact) mass is 446 g/mol. The zero-order chi connectivity index (χ0) is 22.8. The summed E-state index contributed by atoms with van der Waals surface area (Å²) in [6.07, 6.45) is 4.29. The molecule has 1 aromatic heterocycles. The molecule has 32 heavy (non-hydrogen) atoms. The van der Waals surface area contributed by atoms with Crippen LogP contribution in [-0.2, 0) is 6.42 Å². The average Bonchev–Trinajstić information content (AvgIpc) is 3.34. The summed E-state index contributed by atoms with van der Waals surface area (Å²) < 4.78 is 14.2. The average molecular weight is 447 g/mol. The minimum Gasteiger partial charge on any atom is -0.385 e. The summed E-state index contributed by atoms with van der Waals surface area (Å²) in [6, 6.07) is 11.7. The van der Waals surface area contributed by atoms with Crippen molar-refractivity contribution in [3.05, 3.63) is 99.7 Å². The molecule has 4 nitrogen and oxygen atoms in total. The summed E-state index contributed by atoms with van der Waals surface area (Å²) in [6.45, 7) is 10.4. The van der Waals surface area contributed by atoms with Crippen molar-refractivity contribution in [3.63, 3.8) is 0 Å². The SMILES string of the molecule is C=C/N=C1/C=C(c2ccc(C)cc2)S/C1=C(/N)NCCc1c(C)[nH]c2c(F)ccc(C)c12. The number of benzene rings is 2. The maximum atomic E-state index is 14.2. The van der Waals surface area contributed by atoms with Gasteiger partial charge in [-0.05, 0) is 56.0 Å². The molecule has 1 aliphatic rings. The van der Waals surface area contributed by atoms with Crippen LogP contribution in [0.2, 0.25) is 0 Å². The van der Waals surface area contributed by atoms with Crippen molar-refractivity contribution in [2.45, 2.75) is 27.2 Å². The molecule has 0 saturated carbocycles. The Labute approximate surface area is 192 Å². The Morgan fingerprint density at radius 3 is 2.66 bits per heavy atom. The number of aromatic amines is 1. The van der Waals surface area contributed by atoms with Gasteiger partial charge in [0.05, 0.1) is 16.1 Å². The van der Waals surface area contributed by atoms with Gasteiger partial charge < -0.3 is 16.0 Å². The van der Waals surface area contributed by atoms with Crippen LogP contribution in [0.15, 0.2) is 71.0 Å². The largest absolute Gasteiger partial charge is 0.385 e. The standard InChI is InChI=1S/C26H27FN4S/c1-5-29-21-14-22(18-9-6-15(2)7-10-18)32-25(21)26(28)30-13-12-19-17(4)31-24-20(27)11-8-16(3)23(19)24/h5-11,14,30-31H,1,12-13,28H2,2-4H3/b26-25-,29-21-. The van der Waals surface area contributed by atoms with Crippen LogP contribution in [0, 0.1) is 26.6 Å². The number of aryl methyl sites for hydroxylation is 3.